The number of carbonyl (C=O) groups excluding carboxylic acids is 2. The number of fused-ring (bicyclic) bond motifs is 1. The molecule has 6 nitrogen and oxygen atoms in total. The summed E-state index contributed by atoms with van der Waals surface area (Å²) in [6, 6.07) is 16.5. The van der Waals surface area contributed by atoms with Gasteiger partial charge in [0.2, 0.25) is 11.8 Å². The fourth-order valence-corrected chi connectivity index (χ4v) is 3.75. The average Bonchev–Trinajstić information content (AvgIpc) is 2.88. The van der Waals surface area contributed by atoms with Crippen molar-refractivity contribution < 1.29 is 9.59 Å². The molecule has 0 aliphatic carbocycles. The number of aliphatic imine (C=N–C) groups is 1. The standard InChI is InChI=1S/C24H21ClN4O2/c1-15-6-3-7-16(2)23(15)28-21(30)14-29-22(31)13-20(17-8-4-9-18(25)12-17)27-19-10-5-11-26-24(19)29/h3-12H,13-14H2,1-2H3,(H,28,30). The summed E-state index contributed by atoms with van der Waals surface area (Å²) in [5.74, 6) is -0.192. The van der Waals surface area contributed by atoms with Crippen LogP contribution in [0.15, 0.2) is 65.8 Å². The lowest BCUT2D eigenvalue weighted by Gasteiger charge is -2.21. The number of aromatic nitrogens is 1. The van der Waals surface area contributed by atoms with Gasteiger partial charge >= 0.3 is 0 Å². The van der Waals surface area contributed by atoms with E-state index in [0.717, 1.165) is 22.4 Å². The summed E-state index contributed by atoms with van der Waals surface area (Å²) in [5.41, 5.74) is 4.55. The van der Waals surface area contributed by atoms with Crippen molar-refractivity contribution >= 4 is 46.3 Å². The monoisotopic (exact) mass is 432 g/mol. The molecule has 1 aliphatic rings. The van der Waals surface area contributed by atoms with Gasteiger partial charge in [0.25, 0.3) is 0 Å². The van der Waals surface area contributed by atoms with Crippen molar-refractivity contribution in [1.29, 1.82) is 0 Å². The van der Waals surface area contributed by atoms with Crippen LogP contribution in [-0.4, -0.2) is 29.1 Å². The molecule has 2 aromatic carbocycles. The van der Waals surface area contributed by atoms with Crippen LogP contribution >= 0.6 is 11.6 Å². The van der Waals surface area contributed by atoms with Crippen molar-refractivity contribution in [3.05, 3.63) is 82.5 Å². The van der Waals surface area contributed by atoms with Gasteiger partial charge in [0, 0.05) is 16.9 Å². The van der Waals surface area contributed by atoms with Gasteiger partial charge in [-0.05, 0) is 54.8 Å². The van der Waals surface area contributed by atoms with E-state index in [1.807, 2.05) is 44.2 Å². The van der Waals surface area contributed by atoms with Crippen LogP contribution in [0.25, 0.3) is 0 Å². The number of hydrogen-bond acceptors (Lipinski definition) is 4. The highest BCUT2D eigenvalue weighted by atomic mass is 35.5. The normalized spacial score (nSPS) is 13.3. The molecule has 0 spiro atoms. The molecule has 0 saturated heterocycles. The van der Waals surface area contributed by atoms with Gasteiger partial charge < -0.3 is 5.32 Å². The van der Waals surface area contributed by atoms with Gasteiger partial charge in [0.05, 0.1) is 12.1 Å². The predicted molar refractivity (Wildman–Crippen MR) is 123 cm³/mol. The van der Waals surface area contributed by atoms with Crippen LogP contribution < -0.4 is 10.2 Å². The van der Waals surface area contributed by atoms with Crippen LogP contribution in [-0.2, 0) is 9.59 Å². The molecule has 4 rings (SSSR count). The second-order valence-corrected chi connectivity index (χ2v) is 7.82. The molecule has 1 aromatic heterocycles. The number of amides is 2. The van der Waals surface area contributed by atoms with E-state index in [9.17, 15) is 9.59 Å². The number of nitrogens with one attached hydrogen (secondary N) is 1. The number of rotatable bonds is 4. The number of anilines is 2. The number of nitrogens with zero attached hydrogens (tertiary/aromatic N) is 3. The Morgan fingerprint density at radius 2 is 1.84 bits per heavy atom. The van der Waals surface area contributed by atoms with Crippen LogP contribution in [0.1, 0.15) is 23.1 Å². The molecule has 31 heavy (non-hydrogen) atoms. The zero-order chi connectivity index (χ0) is 22.0. The topological polar surface area (TPSA) is 74.7 Å². The summed E-state index contributed by atoms with van der Waals surface area (Å²) < 4.78 is 0. The average molecular weight is 433 g/mol. The van der Waals surface area contributed by atoms with Gasteiger partial charge in [0.1, 0.15) is 12.2 Å². The van der Waals surface area contributed by atoms with Gasteiger partial charge in [-0.15, -0.1) is 0 Å². The Morgan fingerprint density at radius 3 is 2.58 bits per heavy atom. The Labute approximate surface area is 185 Å². The summed E-state index contributed by atoms with van der Waals surface area (Å²) in [7, 11) is 0. The van der Waals surface area contributed by atoms with E-state index in [1.165, 1.54) is 4.90 Å². The molecule has 0 atom stereocenters. The number of hydrogen-bond donors (Lipinski definition) is 1. The number of benzene rings is 2. The lowest BCUT2D eigenvalue weighted by Crippen LogP contribution is -2.39. The molecule has 2 heterocycles. The molecule has 7 heteroatoms. The molecule has 0 fully saturated rings. The van der Waals surface area contributed by atoms with E-state index in [1.54, 1.807) is 30.5 Å². The van der Waals surface area contributed by atoms with E-state index in [4.69, 9.17) is 11.6 Å². The minimum absolute atomic E-state index is 0.0351. The fourth-order valence-electron chi connectivity index (χ4n) is 3.56. The van der Waals surface area contributed by atoms with Crippen LogP contribution in [0.4, 0.5) is 17.2 Å². The second-order valence-electron chi connectivity index (χ2n) is 7.39. The van der Waals surface area contributed by atoms with Crippen molar-refractivity contribution in [3.8, 4) is 0 Å². The Bertz CT molecular complexity index is 1190. The third kappa shape index (κ3) is 4.49. The number of halogens is 1. The smallest absolute Gasteiger partial charge is 0.244 e. The molecule has 0 bridgehead atoms. The van der Waals surface area contributed by atoms with Crippen molar-refractivity contribution in [2.45, 2.75) is 20.3 Å². The molecule has 3 aromatic rings. The highest BCUT2D eigenvalue weighted by Crippen LogP contribution is 2.31. The van der Waals surface area contributed by atoms with E-state index >= 15 is 0 Å². The number of carbonyl (C=O) groups is 2. The largest absolute Gasteiger partial charge is 0.324 e. The Balaban J connectivity index is 1.63. The van der Waals surface area contributed by atoms with E-state index < -0.39 is 0 Å². The first kappa shape index (κ1) is 20.8. The van der Waals surface area contributed by atoms with Gasteiger partial charge in [-0.3, -0.25) is 14.5 Å². The number of aryl methyl sites for hydroxylation is 2. The lowest BCUT2D eigenvalue weighted by atomic mass is 10.1. The summed E-state index contributed by atoms with van der Waals surface area (Å²) in [5, 5.41) is 3.50. The summed E-state index contributed by atoms with van der Waals surface area (Å²) in [6.07, 6.45) is 1.62. The molecule has 0 unspecified atom stereocenters. The molecular weight excluding hydrogens is 412 g/mol. The number of para-hydroxylation sites is 1. The van der Waals surface area contributed by atoms with Crippen LogP contribution in [0.5, 0.6) is 0 Å². The van der Waals surface area contributed by atoms with Gasteiger partial charge in [-0.2, -0.15) is 0 Å². The fraction of sp³-hybridized carbons (Fsp3) is 0.167. The minimum atomic E-state index is -0.298. The zero-order valence-corrected chi connectivity index (χ0v) is 18.0. The van der Waals surface area contributed by atoms with Crippen molar-refractivity contribution in [1.82, 2.24) is 4.98 Å². The van der Waals surface area contributed by atoms with E-state index in [0.29, 0.717) is 22.2 Å². The molecule has 2 amide bonds. The van der Waals surface area contributed by atoms with Crippen LogP contribution in [0.2, 0.25) is 5.02 Å². The Morgan fingerprint density at radius 1 is 1.10 bits per heavy atom. The molecule has 1 N–H and O–H groups in total. The molecule has 1 aliphatic heterocycles. The van der Waals surface area contributed by atoms with Gasteiger partial charge in [0.15, 0.2) is 5.82 Å². The van der Waals surface area contributed by atoms with Gasteiger partial charge in [-0.1, -0.05) is 41.9 Å². The van der Waals surface area contributed by atoms with Crippen molar-refractivity contribution in [2.24, 2.45) is 4.99 Å². The second kappa shape index (κ2) is 8.70. The Kier molecular flexibility index (Phi) is 5.82. The van der Waals surface area contributed by atoms with Gasteiger partial charge in [-0.25, -0.2) is 9.98 Å². The maximum Gasteiger partial charge on any atom is 0.244 e. The maximum atomic E-state index is 13.2. The minimum Gasteiger partial charge on any atom is -0.324 e. The van der Waals surface area contributed by atoms with Crippen LogP contribution in [0, 0.1) is 13.8 Å². The first-order valence-corrected chi connectivity index (χ1v) is 10.2. The van der Waals surface area contributed by atoms with Crippen molar-refractivity contribution in [3.63, 3.8) is 0 Å². The zero-order valence-electron chi connectivity index (χ0n) is 17.2. The summed E-state index contributed by atoms with van der Waals surface area (Å²) >= 11 is 6.13. The van der Waals surface area contributed by atoms with E-state index in [-0.39, 0.29) is 24.8 Å². The summed E-state index contributed by atoms with van der Waals surface area (Å²) in [4.78, 5) is 36.4. The quantitative estimate of drug-likeness (QED) is 0.640. The molecule has 0 saturated carbocycles. The third-order valence-corrected chi connectivity index (χ3v) is 5.34. The third-order valence-electron chi connectivity index (χ3n) is 5.10. The van der Waals surface area contributed by atoms with E-state index in [2.05, 4.69) is 15.3 Å². The lowest BCUT2D eigenvalue weighted by molar-refractivity contribution is -0.120. The molecular formula is C24H21ClN4O2. The molecule has 0 radical (unpaired) electrons. The highest BCUT2D eigenvalue weighted by Gasteiger charge is 2.28. The summed E-state index contributed by atoms with van der Waals surface area (Å²) in [6.45, 7) is 3.71. The first-order chi connectivity index (χ1) is 14.9. The van der Waals surface area contributed by atoms with Crippen molar-refractivity contribution in [2.75, 3.05) is 16.8 Å². The Hall–Kier alpha value is -3.51. The predicted octanol–water partition coefficient (Wildman–Crippen LogP) is 4.85. The first-order valence-electron chi connectivity index (χ1n) is 9.87. The maximum absolute atomic E-state index is 13.2. The highest BCUT2D eigenvalue weighted by molar-refractivity contribution is 6.31. The molecule has 156 valence electrons. The SMILES string of the molecule is Cc1cccc(C)c1NC(=O)CN1C(=O)CC(c2cccc(Cl)c2)=Nc2cccnc21. The van der Waals surface area contributed by atoms with Crippen LogP contribution in [0.3, 0.4) is 0 Å². The number of pyridine rings is 1.